The van der Waals surface area contributed by atoms with Crippen LogP contribution in [0.2, 0.25) is 0 Å². The molecule has 6 heteroatoms. The lowest BCUT2D eigenvalue weighted by Gasteiger charge is -2.33. The molecular weight excluding hydrogens is 310 g/mol. The maximum absolute atomic E-state index is 12.3. The van der Waals surface area contributed by atoms with Crippen LogP contribution in [0.4, 0.5) is 0 Å². The van der Waals surface area contributed by atoms with Crippen molar-refractivity contribution in [3.63, 3.8) is 0 Å². The van der Waals surface area contributed by atoms with E-state index < -0.39 is 11.4 Å². The molecule has 1 aromatic carbocycles. The van der Waals surface area contributed by atoms with Gasteiger partial charge in [-0.1, -0.05) is 19.3 Å². The van der Waals surface area contributed by atoms with Crippen LogP contribution in [0.5, 0.6) is 5.75 Å². The fraction of sp³-hybridized carbons (Fsp3) is 0.556. The number of hydrogen-bond acceptors (Lipinski definition) is 4. The highest BCUT2D eigenvalue weighted by Gasteiger charge is 2.39. The molecule has 1 saturated carbocycles. The quantitative estimate of drug-likeness (QED) is 0.713. The first kappa shape index (κ1) is 18.3. The lowest BCUT2D eigenvalue weighted by Crippen LogP contribution is -2.44. The predicted molar refractivity (Wildman–Crippen MR) is 89.3 cm³/mol. The van der Waals surface area contributed by atoms with E-state index in [0.29, 0.717) is 37.4 Å². The fourth-order valence-electron chi connectivity index (χ4n) is 2.99. The zero-order valence-electron chi connectivity index (χ0n) is 14.0. The molecule has 1 fully saturated rings. The molecule has 1 aliphatic carbocycles. The van der Waals surface area contributed by atoms with E-state index in [1.54, 1.807) is 31.4 Å². The molecular formula is C18H25NO5. The van der Waals surface area contributed by atoms with Crippen LogP contribution in [-0.2, 0) is 9.53 Å². The monoisotopic (exact) mass is 335 g/mol. The molecule has 1 aromatic rings. The number of carboxylic acid groups (broad SMARTS) is 1. The standard InChI is InChI=1S/C18H25NO5/c1-23-11-12-24-15-7-5-14(6-8-15)16(20)19-13-18(17(21)22)9-3-2-4-10-18/h5-8H,2-4,9-13H2,1H3,(H,19,20)(H,21,22). The Balaban J connectivity index is 1.90. The first-order chi connectivity index (χ1) is 11.6. The van der Waals surface area contributed by atoms with Crippen molar-refractivity contribution in [3.8, 4) is 5.75 Å². The summed E-state index contributed by atoms with van der Waals surface area (Å²) in [6.07, 6.45) is 4.10. The van der Waals surface area contributed by atoms with Crippen LogP contribution in [0.15, 0.2) is 24.3 Å². The van der Waals surface area contributed by atoms with Crippen molar-refractivity contribution in [3.05, 3.63) is 29.8 Å². The van der Waals surface area contributed by atoms with Gasteiger partial charge in [-0.25, -0.2) is 0 Å². The van der Waals surface area contributed by atoms with E-state index in [-0.39, 0.29) is 12.5 Å². The van der Waals surface area contributed by atoms with Gasteiger partial charge >= 0.3 is 5.97 Å². The normalized spacial score (nSPS) is 16.4. The molecule has 0 aliphatic heterocycles. The van der Waals surface area contributed by atoms with Gasteiger partial charge in [0.1, 0.15) is 12.4 Å². The van der Waals surface area contributed by atoms with Gasteiger partial charge in [-0.15, -0.1) is 0 Å². The number of rotatable bonds is 8. The van der Waals surface area contributed by atoms with Gasteiger partial charge in [-0.05, 0) is 37.1 Å². The molecule has 0 aromatic heterocycles. The van der Waals surface area contributed by atoms with Crippen LogP contribution in [-0.4, -0.2) is 43.9 Å². The number of nitrogens with one attached hydrogen (secondary N) is 1. The Morgan fingerprint density at radius 1 is 1.12 bits per heavy atom. The molecule has 0 atom stereocenters. The number of hydrogen-bond donors (Lipinski definition) is 2. The highest BCUT2D eigenvalue weighted by atomic mass is 16.5. The van der Waals surface area contributed by atoms with Crippen molar-refractivity contribution in [1.29, 1.82) is 0 Å². The van der Waals surface area contributed by atoms with Gasteiger partial charge in [-0.2, -0.15) is 0 Å². The van der Waals surface area contributed by atoms with Crippen molar-refractivity contribution in [2.45, 2.75) is 32.1 Å². The number of aliphatic carboxylic acids is 1. The molecule has 0 saturated heterocycles. The molecule has 24 heavy (non-hydrogen) atoms. The molecule has 1 aliphatic rings. The van der Waals surface area contributed by atoms with E-state index in [9.17, 15) is 14.7 Å². The van der Waals surface area contributed by atoms with Crippen molar-refractivity contribution in [2.24, 2.45) is 5.41 Å². The van der Waals surface area contributed by atoms with Crippen molar-refractivity contribution in [2.75, 3.05) is 26.9 Å². The Hall–Kier alpha value is -2.08. The number of amides is 1. The average Bonchev–Trinajstić information content (AvgIpc) is 2.61. The molecule has 0 spiro atoms. The Kier molecular flexibility index (Phi) is 6.61. The lowest BCUT2D eigenvalue weighted by molar-refractivity contribution is -0.150. The summed E-state index contributed by atoms with van der Waals surface area (Å²) >= 11 is 0. The summed E-state index contributed by atoms with van der Waals surface area (Å²) in [6.45, 7) is 1.12. The van der Waals surface area contributed by atoms with Crippen LogP contribution < -0.4 is 10.1 Å². The molecule has 0 radical (unpaired) electrons. The first-order valence-corrected chi connectivity index (χ1v) is 8.31. The van der Waals surface area contributed by atoms with Gasteiger partial charge in [0.15, 0.2) is 0 Å². The molecule has 0 heterocycles. The zero-order chi connectivity index (χ0) is 17.4. The molecule has 132 valence electrons. The first-order valence-electron chi connectivity index (χ1n) is 8.31. The van der Waals surface area contributed by atoms with Crippen molar-refractivity contribution >= 4 is 11.9 Å². The number of benzene rings is 1. The second kappa shape index (κ2) is 8.68. The lowest BCUT2D eigenvalue weighted by atomic mass is 9.74. The smallest absolute Gasteiger partial charge is 0.311 e. The maximum Gasteiger partial charge on any atom is 0.311 e. The highest BCUT2D eigenvalue weighted by molar-refractivity contribution is 5.94. The number of carbonyl (C=O) groups is 2. The van der Waals surface area contributed by atoms with Crippen molar-refractivity contribution in [1.82, 2.24) is 5.32 Å². The summed E-state index contributed by atoms with van der Waals surface area (Å²) in [7, 11) is 1.60. The molecule has 2 rings (SSSR count). The minimum absolute atomic E-state index is 0.174. The minimum atomic E-state index is -0.822. The number of ether oxygens (including phenoxy) is 2. The van der Waals surface area contributed by atoms with E-state index in [1.165, 1.54) is 0 Å². The van der Waals surface area contributed by atoms with E-state index in [0.717, 1.165) is 19.3 Å². The molecule has 0 unspecified atom stereocenters. The second-order valence-electron chi connectivity index (χ2n) is 6.19. The summed E-state index contributed by atoms with van der Waals surface area (Å²) in [5, 5.41) is 12.3. The van der Waals surface area contributed by atoms with Gasteiger partial charge in [0.05, 0.1) is 12.0 Å². The van der Waals surface area contributed by atoms with Crippen LogP contribution >= 0.6 is 0 Å². The van der Waals surface area contributed by atoms with E-state index in [1.807, 2.05) is 0 Å². The Morgan fingerprint density at radius 2 is 1.79 bits per heavy atom. The maximum atomic E-state index is 12.3. The van der Waals surface area contributed by atoms with Gasteiger partial charge in [-0.3, -0.25) is 9.59 Å². The van der Waals surface area contributed by atoms with Gasteiger partial charge in [0.2, 0.25) is 0 Å². The zero-order valence-corrected chi connectivity index (χ0v) is 14.0. The average molecular weight is 335 g/mol. The SMILES string of the molecule is COCCOc1ccc(C(=O)NCC2(C(=O)O)CCCCC2)cc1. The second-order valence-corrected chi connectivity index (χ2v) is 6.19. The summed E-state index contributed by atoms with van der Waals surface area (Å²) < 4.78 is 10.4. The van der Waals surface area contributed by atoms with E-state index in [2.05, 4.69) is 5.32 Å². The van der Waals surface area contributed by atoms with Gasteiger partial charge < -0.3 is 19.9 Å². The van der Waals surface area contributed by atoms with E-state index >= 15 is 0 Å². The fourth-order valence-corrected chi connectivity index (χ4v) is 2.99. The molecule has 1 amide bonds. The van der Waals surface area contributed by atoms with E-state index in [4.69, 9.17) is 9.47 Å². The number of carboxylic acids is 1. The summed E-state index contributed by atoms with van der Waals surface area (Å²) in [6, 6.07) is 6.79. The third-order valence-corrected chi connectivity index (χ3v) is 4.52. The van der Waals surface area contributed by atoms with Gasteiger partial charge in [0, 0.05) is 19.2 Å². The summed E-state index contributed by atoms with van der Waals surface area (Å²) in [5.41, 5.74) is -0.331. The molecule has 0 bridgehead atoms. The minimum Gasteiger partial charge on any atom is -0.491 e. The van der Waals surface area contributed by atoms with Gasteiger partial charge in [0.25, 0.3) is 5.91 Å². The topological polar surface area (TPSA) is 84.9 Å². The largest absolute Gasteiger partial charge is 0.491 e. The number of carbonyl (C=O) groups excluding carboxylic acids is 1. The van der Waals surface area contributed by atoms with Crippen LogP contribution in [0.25, 0.3) is 0 Å². The Labute approximate surface area is 142 Å². The third-order valence-electron chi connectivity index (χ3n) is 4.52. The summed E-state index contributed by atoms with van der Waals surface area (Å²) in [5.74, 6) is -0.410. The molecule has 2 N–H and O–H groups in total. The number of methoxy groups -OCH3 is 1. The summed E-state index contributed by atoms with van der Waals surface area (Å²) in [4.78, 5) is 23.9. The Morgan fingerprint density at radius 3 is 2.38 bits per heavy atom. The Bertz CT molecular complexity index is 549. The predicted octanol–water partition coefficient (Wildman–Crippen LogP) is 2.48. The van der Waals surface area contributed by atoms with Crippen LogP contribution in [0.3, 0.4) is 0 Å². The third kappa shape index (κ3) is 4.71. The molecule has 6 nitrogen and oxygen atoms in total. The van der Waals surface area contributed by atoms with Crippen LogP contribution in [0.1, 0.15) is 42.5 Å². The van der Waals surface area contributed by atoms with Crippen LogP contribution in [0, 0.1) is 5.41 Å². The van der Waals surface area contributed by atoms with Crippen molar-refractivity contribution < 1.29 is 24.2 Å². The highest BCUT2D eigenvalue weighted by Crippen LogP contribution is 2.36.